The molecule has 16 heavy (non-hydrogen) atoms. The monoisotopic (exact) mass is 235 g/mol. The number of aryl methyl sites for hydroxylation is 1. The topological polar surface area (TPSA) is 54.7 Å². The van der Waals surface area contributed by atoms with Crippen LogP contribution < -0.4 is 5.73 Å². The fourth-order valence-electron chi connectivity index (χ4n) is 1.55. The molecule has 3 N–H and O–H groups in total. The molecule has 0 radical (unpaired) electrons. The number of hydrogen-bond donors (Lipinski definition) is 2. The lowest BCUT2D eigenvalue weighted by molar-refractivity contribution is 0.936. The summed E-state index contributed by atoms with van der Waals surface area (Å²) in [7, 11) is 0. The molecule has 0 aliphatic rings. The van der Waals surface area contributed by atoms with Crippen molar-refractivity contribution in [2.45, 2.75) is 13.3 Å². The Morgan fingerprint density at radius 3 is 2.62 bits per heavy atom. The molecule has 2 rings (SSSR count). The number of H-pyrrole nitrogens is 1. The maximum atomic E-state index is 6.01. The van der Waals surface area contributed by atoms with E-state index in [1.54, 1.807) is 0 Å². The van der Waals surface area contributed by atoms with Crippen LogP contribution in [0.15, 0.2) is 24.3 Å². The summed E-state index contributed by atoms with van der Waals surface area (Å²) >= 11 is 6.01. The number of nitrogens with two attached hydrogens (primary N) is 1. The van der Waals surface area contributed by atoms with E-state index in [0.29, 0.717) is 11.7 Å². The highest BCUT2D eigenvalue weighted by Crippen LogP contribution is 2.21. The number of nitrogens with zero attached hydrogens (tertiary/aromatic N) is 1. The van der Waals surface area contributed by atoms with Crippen LogP contribution in [0.3, 0.4) is 0 Å². The van der Waals surface area contributed by atoms with E-state index in [2.05, 4.69) is 16.9 Å². The van der Waals surface area contributed by atoms with Crippen molar-refractivity contribution in [2.75, 3.05) is 6.54 Å². The lowest BCUT2D eigenvalue weighted by atomic mass is 10.1. The number of imidazole rings is 1. The molecular formula is C12H14ClN3. The molecule has 0 saturated heterocycles. The highest BCUT2D eigenvalue weighted by molar-refractivity contribution is 6.30. The molecule has 1 aromatic heterocycles. The Balaban J connectivity index is 2.33. The van der Waals surface area contributed by atoms with Crippen molar-refractivity contribution in [1.29, 1.82) is 0 Å². The molecule has 0 unspecified atom stereocenters. The normalized spacial score (nSPS) is 10.7. The molecule has 0 aliphatic carbocycles. The van der Waals surface area contributed by atoms with E-state index in [4.69, 9.17) is 17.3 Å². The molecular weight excluding hydrogens is 222 g/mol. The second-order valence-electron chi connectivity index (χ2n) is 3.76. The van der Waals surface area contributed by atoms with Gasteiger partial charge in [-0.2, -0.15) is 0 Å². The summed E-state index contributed by atoms with van der Waals surface area (Å²) in [6.45, 7) is 2.62. The lowest BCUT2D eigenvalue weighted by Gasteiger charge is -1.97. The Kier molecular flexibility index (Phi) is 3.27. The van der Waals surface area contributed by atoms with Gasteiger partial charge in [-0.1, -0.05) is 41.4 Å². The van der Waals surface area contributed by atoms with Crippen molar-refractivity contribution in [3.8, 4) is 11.4 Å². The molecule has 2 aromatic rings. The molecule has 0 spiro atoms. The van der Waals surface area contributed by atoms with Crippen molar-refractivity contribution in [3.05, 3.63) is 40.7 Å². The van der Waals surface area contributed by atoms with Crippen molar-refractivity contribution < 1.29 is 0 Å². The van der Waals surface area contributed by atoms with Crippen LogP contribution in [0.2, 0.25) is 5.15 Å². The molecule has 0 atom stereocenters. The lowest BCUT2D eigenvalue weighted by Crippen LogP contribution is -2.03. The second kappa shape index (κ2) is 4.68. The summed E-state index contributed by atoms with van der Waals surface area (Å²) in [5.74, 6) is 0.799. The molecule has 4 heteroatoms. The SMILES string of the molecule is Cc1ccc(-c2nc(Cl)c(CCN)[nH]2)cc1. The first kappa shape index (κ1) is 11.2. The van der Waals surface area contributed by atoms with Crippen molar-refractivity contribution in [3.63, 3.8) is 0 Å². The van der Waals surface area contributed by atoms with E-state index in [1.165, 1.54) is 5.56 Å². The third-order valence-corrected chi connectivity index (χ3v) is 2.76. The number of rotatable bonds is 3. The number of halogens is 1. The summed E-state index contributed by atoms with van der Waals surface area (Å²) in [5.41, 5.74) is 8.66. The van der Waals surface area contributed by atoms with Gasteiger partial charge < -0.3 is 10.7 Å². The van der Waals surface area contributed by atoms with Gasteiger partial charge in [-0.3, -0.25) is 0 Å². The zero-order chi connectivity index (χ0) is 11.5. The molecule has 0 bridgehead atoms. The quantitative estimate of drug-likeness (QED) is 0.859. The summed E-state index contributed by atoms with van der Waals surface area (Å²) in [4.78, 5) is 7.48. The minimum Gasteiger partial charge on any atom is -0.341 e. The Bertz CT molecular complexity index is 474. The van der Waals surface area contributed by atoms with E-state index in [9.17, 15) is 0 Å². The van der Waals surface area contributed by atoms with E-state index in [-0.39, 0.29) is 0 Å². The molecule has 0 fully saturated rings. The van der Waals surface area contributed by atoms with Crippen molar-refractivity contribution in [2.24, 2.45) is 5.73 Å². The molecule has 1 heterocycles. The van der Waals surface area contributed by atoms with Crippen LogP contribution in [-0.2, 0) is 6.42 Å². The number of aromatic amines is 1. The molecule has 0 aliphatic heterocycles. The Labute approximate surface area is 99.7 Å². The molecule has 1 aromatic carbocycles. The maximum Gasteiger partial charge on any atom is 0.150 e. The maximum absolute atomic E-state index is 6.01. The Morgan fingerprint density at radius 1 is 1.31 bits per heavy atom. The van der Waals surface area contributed by atoms with Crippen molar-refractivity contribution >= 4 is 11.6 Å². The average Bonchev–Trinajstić information content (AvgIpc) is 2.62. The smallest absolute Gasteiger partial charge is 0.150 e. The molecule has 0 saturated carbocycles. The number of nitrogens with one attached hydrogen (secondary N) is 1. The van der Waals surface area contributed by atoms with Crippen molar-refractivity contribution in [1.82, 2.24) is 9.97 Å². The molecule has 0 amide bonds. The van der Waals surface area contributed by atoms with Gasteiger partial charge in [-0.25, -0.2) is 4.98 Å². The predicted molar refractivity (Wildman–Crippen MR) is 66.5 cm³/mol. The number of benzene rings is 1. The Hall–Kier alpha value is -1.32. The highest BCUT2D eigenvalue weighted by Gasteiger charge is 2.08. The van der Waals surface area contributed by atoms with Crippen LogP contribution in [0, 0.1) is 6.92 Å². The zero-order valence-corrected chi connectivity index (χ0v) is 9.88. The van der Waals surface area contributed by atoms with E-state index in [1.807, 2.05) is 24.3 Å². The van der Waals surface area contributed by atoms with Gasteiger partial charge >= 0.3 is 0 Å². The standard InChI is InChI=1S/C12H14ClN3/c1-8-2-4-9(5-3-8)12-15-10(6-7-14)11(13)16-12/h2-5H,6-7,14H2,1H3,(H,15,16). The summed E-state index contributed by atoms with van der Waals surface area (Å²) < 4.78 is 0. The Morgan fingerprint density at radius 2 is 2.00 bits per heavy atom. The van der Waals surface area contributed by atoms with Crippen LogP contribution in [0.25, 0.3) is 11.4 Å². The fourth-order valence-corrected chi connectivity index (χ4v) is 1.77. The van der Waals surface area contributed by atoms with Crippen LogP contribution in [0.5, 0.6) is 0 Å². The van der Waals surface area contributed by atoms with Crippen LogP contribution in [0.4, 0.5) is 0 Å². The van der Waals surface area contributed by atoms with Gasteiger partial charge in [-0.15, -0.1) is 0 Å². The second-order valence-corrected chi connectivity index (χ2v) is 4.12. The van der Waals surface area contributed by atoms with Gasteiger partial charge in [0.25, 0.3) is 0 Å². The van der Waals surface area contributed by atoms with Gasteiger partial charge in [0.15, 0.2) is 5.15 Å². The third-order valence-electron chi connectivity index (χ3n) is 2.45. The van der Waals surface area contributed by atoms with Gasteiger partial charge in [0, 0.05) is 12.0 Å². The number of hydrogen-bond acceptors (Lipinski definition) is 2. The highest BCUT2D eigenvalue weighted by atomic mass is 35.5. The number of aromatic nitrogens is 2. The minimum atomic E-state index is 0.515. The molecule has 84 valence electrons. The van der Waals surface area contributed by atoms with Crippen LogP contribution in [0.1, 0.15) is 11.3 Å². The summed E-state index contributed by atoms with van der Waals surface area (Å²) in [6.07, 6.45) is 0.720. The van der Waals surface area contributed by atoms with Crippen LogP contribution >= 0.6 is 11.6 Å². The van der Waals surface area contributed by atoms with Gasteiger partial charge in [0.05, 0.1) is 5.69 Å². The predicted octanol–water partition coefficient (Wildman–Crippen LogP) is 2.54. The largest absolute Gasteiger partial charge is 0.341 e. The molecule has 3 nitrogen and oxygen atoms in total. The van der Waals surface area contributed by atoms with Gasteiger partial charge in [-0.05, 0) is 13.5 Å². The summed E-state index contributed by atoms with van der Waals surface area (Å²) in [5, 5.41) is 0.515. The first-order valence-corrected chi connectivity index (χ1v) is 5.60. The average molecular weight is 236 g/mol. The van der Waals surface area contributed by atoms with E-state index >= 15 is 0 Å². The first-order valence-electron chi connectivity index (χ1n) is 5.22. The van der Waals surface area contributed by atoms with Crippen LogP contribution in [-0.4, -0.2) is 16.5 Å². The third kappa shape index (κ3) is 2.26. The zero-order valence-electron chi connectivity index (χ0n) is 9.13. The fraction of sp³-hybridized carbons (Fsp3) is 0.250. The van der Waals surface area contributed by atoms with Gasteiger partial charge in [0.2, 0.25) is 0 Å². The first-order chi connectivity index (χ1) is 7.70. The van der Waals surface area contributed by atoms with Gasteiger partial charge in [0.1, 0.15) is 5.82 Å². The minimum absolute atomic E-state index is 0.515. The summed E-state index contributed by atoms with van der Waals surface area (Å²) in [6, 6.07) is 8.15. The van der Waals surface area contributed by atoms with E-state index < -0.39 is 0 Å². The van der Waals surface area contributed by atoms with E-state index in [0.717, 1.165) is 23.5 Å².